The van der Waals surface area contributed by atoms with Crippen LogP contribution >= 0.6 is 22.9 Å². The lowest BCUT2D eigenvalue weighted by Crippen LogP contribution is -2.26. The lowest BCUT2D eigenvalue weighted by molar-refractivity contribution is 0.736. The highest BCUT2D eigenvalue weighted by Crippen LogP contribution is 2.31. The molecule has 5 heteroatoms. The van der Waals surface area contributed by atoms with Gasteiger partial charge in [-0.05, 0) is 37.4 Å². The standard InChI is InChI=1S/C13H18ClN3S/c1-4-6-17(7-5-2)11-10-8-9(3)18-12(10)16-13(14)15-11/h8H,4-7H2,1-3H3. The average molecular weight is 284 g/mol. The quantitative estimate of drug-likeness (QED) is 0.767. The number of hydrogen-bond donors (Lipinski definition) is 0. The number of halogens is 1. The first-order valence-electron chi connectivity index (χ1n) is 6.34. The molecule has 0 fully saturated rings. The summed E-state index contributed by atoms with van der Waals surface area (Å²) < 4.78 is 0. The molecule has 0 radical (unpaired) electrons. The molecule has 2 rings (SSSR count). The van der Waals surface area contributed by atoms with E-state index in [-0.39, 0.29) is 0 Å². The molecule has 2 heterocycles. The average Bonchev–Trinajstić information content (AvgIpc) is 2.68. The summed E-state index contributed by atoms with van der Waals surface area (Å²) in [4.78, 5) is 13.3. The van der Waals surface area contributed by atoms with Crippen molar-refractivity contribution in [3.8, 4) is 0 Å². The molecule has 0 aliphatic carbocycles. The SMILES string of the molecule is CCCN(CCC)c1nc(Cl)nc2sc(C)cc12. The molecule has 0 atom stereocenters. The van der Waals surface area contributed by atoms with Gasteiger partial charge in [0, 0.05) is 18.0 Å². The Labute approximate surface area is 117 Å². The Hall–Kier alpha value is -0.870. The van der Waals surface area contributed by atoms with E-state index in [0.29, 0.717) is 5.28 Å². The van der Waals surface area contributed by atoms with Crippen molar-refractivity contribution in [3.63, 3.8) is 0 Å². The largest absolute Gasteiger partial charge is 0.356 e. The molecular weight excluding hydrogens is 266 g/mol. The third-order valence-corrected chi connectivity index (χ3v) is 3.87. The van der Waals surface area contributed by atoms with E-state index in [1.807, 2.05) is 0 Å². The molecule has 0 bridgehead atoms. The molecule has 0 N–H and O–H groups in total. The van der Waals surface area contributed by atoms with Crippen molar-refractivity contribution in [2.24, 2.45) is 0 Å². The zero-order valence-electron chi connectivity index (χ0n) is 11.0. The summed E-state index contributed by atoms with van der Waals surface area (Å²) in [5.41, 5.74) is 0. The summed E-state index contributed by atoms with van der Waals surface area (Å²) >= 11 is 7.71. The van der Waals surface area contributed by atoms with E-state index in [1.54, 1.807) is 11.3 Å². The van der Waals surface area contributed by atoms with Gasteiger partial charge in [0.05, 0.1) is 5.39 Å². The van der Waals surface area contributed by atoms with Crippen LogP contribution in [0.2, 0.25) is 5.28 Å². The highest BCUT2D eigenvalue weighted by molar-refractivity contribution is 7.18. The molecule has 0 amide bonds. The van der Waals surface area contributed by atoms with Gasteiger partial charge < -0.3 is 4.90 Å². The van der Waals surface area contributed by atoms with Crippen molar-refractivity contribution >= 4 is 39.0 Å². The number of aryl methyl sites for hydroxylation is 1. The Morgan fingerprint density at radius 2 is 1.89 bits per heavy atom. The van der Waals surface area contributed by atoms with Gasteiger partial charge in [0.15, 0.2) is 0 Å². The molecule has 98 valence electrons. The van der Waals surface area contributed by atoms with Crippen LogP contribution in [0.3, 0.4) is 0 Å². The molecule has 2 aromatic heterocycles. The Bertz CT molecular complexity index is 532. The normalized spacial score (nSPS) is 11.1. The van der Waals surface area contributed by atoms with Crippen LogP contribution < -0.4 is 4.90 Å². The fraction of sp³-hybridized carbons (Fsp3) is 0.538. The minimum absolute atomic E-state index is 0.344. The molecule has 0 saturated heterocycles. The van der Waals surface area contributed by atoms with Crippen molar-refractivity contribution in [1.82, 2.24) is 9.97 Å². The van der Waals surface area contributed by atoms with E-state index < -0.39 is 0 Å². The monoisotopic (exact) mass is 283 g/mol. The van der Waals surface area contributed by atoms with Crippen LogP contribution in [-0.4, -0.2) is 23.1 Å². The Balaban J connectivity index is 2.52. The Kier molecular flexibility index (Phi) is 4.40. The van der Waals surface area contributed by atoms with E-state index in [4.69, 9.17) is 11.6 Å². The van der Waals surface area contributed by atoms with Crippen LogP contribution in [0.1, 0.15) is 31.6 Å². The van der Waals surface area contributed by atoms with Crippen molar-refractivity contribution in [2.45, 2.75) is 33.6 Å². The van der Waals surface area contributed by atoms with Crippen LogP contribution in [0.5, 0.6) is 0 Å². The maximum Gasteiger partial charge on any atom is 0.225 e. The van der Waals surface area contributed by atoms with Gasteiger partial charge in [-0.1, -0.05) is 13.8 Å². The first-order chi connectivity index (χ1) is 8.65. The summed E-state index contributed by atoms with van der Waals surface area (Å²) in [5.74, 6) is 0.984. The molecule has 0 aliphatic rings. The minimum atomic E-state index is 0.344. The predicted octanol–water partition coefficient (Wildman–Crippen LogP) is 4.28. The van der Waals surface area contributed by atoms with Crippen LogP contribution in [0.15, 0.2) is 6.07 Å². The Morgan fingerprint density at radius 3 is 2.50 bits per heavy atom. The predicted molar refractivity (Wildman–Crippen MR) is 80.0 cm³/mol. The maximum atomic E-state index is 6.04. The van der Waals surface area contributed by atoms with Crippen LogP contribution in [0.25, 0.3) is 10.2 Å². The number of fused-ring (bicyclic) bond motifs is 1. The van der Waals surface area contributed by atoms with Gasteiger partial charge in [-0.15, -0.1) is 11.3 Å². The number of anilines is 1. The second-order valence-electron chi connectivity index (χ2n) is 4.38. The molecule has 0 aromatic carbocycles. The van der Waals surface area contributed by atoms with E-state index in [0.717, 1.165) is 42.0 Å². The van der Waals surface area contributed by atoms with Crippen molar-refractivity contribution in [2.75, 3.05) is 18.0 Å². The zero-order valence-corrected chi connectivity index (χ0v) is 12.6. The Morgan fingerprint density at radius 1 is 1.22 bits per heavy atom. The first-order valence-corrected chi connectivity index (χ1v) is 7.53. The molecule has 18 heavy (non-hydrogen) atoms. The second-order valence-corrected chi connectivity index (χ2v) is 5.95. The number of hydrogen-bond acceptors (Lipinski definition) is 4. The third-order valence-electron chi connectivity index (χ3n) is 2.76. The molecule has 0 spiro atoms. The molecule has 0 unspecified atom stereocenters. The summed E-state index contributed by atoms with van der Waals surface area (Å²) in [6.07, 6.45) is 2.21. The van der Waals surface area contributed by atoms with Gasteiger partial charge in [-0.2, -0.15) is 4.98 Å². The second kappa shape index (κ2) is 5.85. The topological polar surface area (TPSA) is 29.0 Å². The number of thiophene rings is 1. The van der Waals surface area contributed by atoms with E-state index in [9.17, 15) is 0 Å². The smallest absolute Gasteiger partial charge is 0.225 e. The molecule has 2 aromatic rings. The number of nitrogens with zero attached hydrogens (tertiary/aromatic N) is 3. The van der Waals surface area contributed by atoms with Crippen molar-refractivity contribution in [3.05, 3.63) is 16.2 Å². The lowest BCUT2D eigenvalue weighted by atomic mass is 10.3. The summed E-state index contributed by atoms with van der Waals surface area (Å²) in [6, 6.07) is 2.16. The van der Waals surface area contributed by atoms with Crippen LogP contribution in [-0.2, 0) is 0 Å². The van der Waals surface area contributed by atoms with Gasteiger partial charge in [0.1, 0.15) is 10.6 Å². The lowest BCUT2D eigenvalue weighted by Gasteiger charge is -2.23. The van der Waals surface area contributed by atoms with Gasteiger partial charge in [0.2, 0.25) is 5.28 Å². The van der Waals surface area contributed by atoms with Crippen molar-refractivity contribution < 1.29 is 0 Å². The molecular formula is C13H18ClN3S. The molecule has 0 saturated carbocycles. The van der Waals surface area contributed by atoms with Crippen LogP contribution in [0, 0.1) is 6.92 Å². The van der Waals surface area contributed by atoms with E-state index in [1.165, 1.54) is 4.88 Å². The summed E-state index contributed by atoms with van der Waals surface area (Å²) in [6.45, 7) is 8.47. The minimum Gasteiger partial charge on any atom is -0.356 e. The highest BCUT2D eigenvalue weighted by Gasteiger charge is 2.14. The summed E-state index contributed by atoms with van der Waals surface area (Å²) in [7, 11) is 0. The molecule has 3 nitrogen and oxygen atoms in total. The highest BCUT2D eigenvalue weighted by atomic mass is 35.5. The van der Waals surface area contributed by atoms with E-state index in [2.05, 4.69) is 41.7 Å². The van der Waals surface area contributed by atoms with E-state index >= 15 is 0 Å². The first kappa shape index (κ1) is 13.6. The maximum absolute atomic E-state index is 6.04. The zero-order chi connectivity index (χ0) is 13.1. The third kappa shape index (κ3) is 2.75. The number of aromatic nitrogens is 2. The van der Waals surface area contributed by atoms with Gasteiger partial charge in [0.25, 0.3) is 0 Å². The van der Waals surface area contributed by atoms with Crippen LogP contribution in [0.4, 0.5) is 5.82 Å². The summed E-state index contributed by atoms with van der Waals surface area (Å²) in [5, 5.41) is 1.47. The van der Waals surface area contributed by atoms with Crippen molar-refractivity contribution in [1.29, 1.82) is 0 Å². The van der Waals surface area contributed by atoms with Gasteiger partial charge in [-0.3, -0.25) is 0 Å². The number of rotatable bonds is 5. The van der Waals surface area contributed by atoms with Gasteiger partial charge >= 0.3 is 0 Å². The van der Waals surface area contributed by atoms with Gasteiger partial charge in [-0.25, -0.2) is 4.98 Å². The molecule has 0 aliphatic heterocycles. The fourth-order valence-electron chi connectivity index (χ4n) is 2.11. The fourth-order valence-corrected chi connectivity index (χ4v) is 3.19.